The summed E-state index contributed by atoms with van der Waals surface area (Å²) < 4.78 is 16.0. The van der Waals surface area contributed by atoms with Crippen LogP contribution in [0.3, 0.4) is 0 Å². The van der Waals surface area contributed by atoms with Crippen molar-refractivity contribution in [2.24, 2.45) is 0 Å². The van der Waals surface area contributed by atoms with Gasteiger partial charge in [-0.15, -0.1) is 0 Å². The highest BCUT2D eigenvalue weighted by Crippen LogP contribution is 2.27. The molecule has 3 rings (SSSR count). The normalized spacial score (nSPS) is 21.9. The molecular weight excluding hydrogens is 320 g/mol. The van der Waals surface area contributed by atoms with Crippen molar-refractivity contribution < 1.29 is 19.0 Å². The zero-order chi connectivity index (χ0) is 17.6. The smallest absolute Gasteiger partial charge is 0.224 e. The van der Waals surface area contributed by atoms with Crippen LogP contribution in [0.15, 0.2) is 18.2 Å². The van der Waals surface area contributed by atoms with Crippen molar-refractivity contribution in [1.82, 2.24) is 10.2 Å². The van der Waals surface area contributed by atoms with E-state index < -0.39 is 0 Å². The number of carbonyl (C=O) groups excluding carboxylic acids is 1. The minimum atomic E-state index is 0.0612. The van der Waals surface area contributed by atoms with Crippen LogP contribution < -0.4 is 14.8 Å². The van der Waals surface area contributed by atoms with E-state index in [2.05, 4.69) is 10.2 Å². The molecule has 2 saturated heterocycles. The van der Waals surface area contributed by atoms with E-state index in [4.69, 9.17) is 14.2 Å². The van der Waals surface area contributed by atoms with Gasteiger partial charge in [0.05, 0.1) is 20.6 Å². The number of amides is 1. The molecule has 25 heavy (non-hydrogen) atoms. The number of nitrogens with one attached hydrogen (secondary N) is 1. The fourth-order valence-electron chi connectivity index (χ4n) is 3.74. The standard InChI is InChI=1S/C19H28N2O4/c1-23-17-4-3-14(11-18(17)24-2)12-19(22)20-15-5-8-21(13-15)16-6-9-25-10-7-16/h3-4,11,15-16H,5-10,12-13H2,1-2H3,(H,20,22). The summed E-state index contributed by atoms with van der Waals surface area (Å²) in [6.45, 7) is 3.73. The number of ether oxygens (including phenoxy) is 3. The Morgan fingerprint density at radius 2 is 1.96 bits per heavy atom. The summed E-state index contributed by atoms with van der Waals surface area (Å²) in [7, 11) is 3.21. The van der Waals surface area contributed by atoms with E-state index in [-0.39, 0.29) is 11.9 Å². The van der Waals surface area contributed by atoms with Crippen molar-refractivity contribution in [1.29, 1.82) is 0 Å². The van der Waals surface area contributed by atoms with E-state index in [0.717, 1.165) is 51.1 Å². The molecule has 1 aromatic rings. The highest BCUT2D eigenvalue weighted by atomic mass is 16.5. The first kappa shape index (κ1) is 18.0. The summed E-state index contributed by atoms with van der Waals surface area (Å²) in [4.78, 5) is 14.9. The van der Waals surface area contributed by atoms with Gasteiger partial charge in [-0.05, 0) is 37.0 Å². The fourth-order valence-corrected chi connectivity index (χ4v) is 3.74. The van der Waals surface area contributed by atoms with Crippen LogP contribution in [0.25, 0.3) is 0 Å². The molecule has 0 radical (unpaired) electrons. The van der Waals surface area contributed by atoms with Gasteiger partial charge < -0.3 is 19.5 Å². The van der Waals surface area contributed by atoms with E-state index in [1.807, 2.05) is 18.2 Å². The van der Waals surface area contributed by atoms with E-state index in [1.165, 1.54) is 0 Å². The molecular formula is C19H28N2O4. The van der Waals surface area contributed by atoms with E-state index in [9.17, 15) is 4.79 Å². The second kappa shape index (κ2) is 8.54. The number of nitrogens with zero attached hydrogens (tertiary/aromatic N) is 1. The van der Waals surface area contributed by atoms with Gasteiger partial charge in [-0.25, -0.2) is 0 Å². The van der Waals surface area contributed by atoms with Gasteiger partial charge in [0, 0.05) is 38.4 Å². The summed E-state index contributed by atoms with van der Waals surface area (Å²) in [6, 6.07) is 6.46. The largest absolute Gasteiger partial charge is 0.493 e. The molecule has 0 aliphatic carbocycles. The molecule has 2 aliphatic rings. The number of benzene rings is 1. The monoisotopic (exact) mass is 348 g/mol. The third-order valence-electron chi connectivity index (χ3n) is 5.10. The fraction of sp³-hybridized carbons (Fsp3) is 0.632. The highest BCUT2D eigenvalue weighted by Gasteiger charge is 2.30. The van der Waals surface area contributed by atoms with Crippen molar-refractivity contribution in [2.75, 3.05) is 40.5 Å². The minimum Gasteiger partial charge on any atom is -0.493 e. The predicted octanol–water partition coefficient (Wildman–Crippen LogP) is 1.62. The summed E-state index contributed by atoms with van der Waals surface area (Å²) >= 11 is 0. The maximum absolute atomic E-state index is 12.4. The lowest BCUT2D eigenvalue weighted by Crippen LogP contribution is -2.42. The van der Waals surface area contributed by atoms with Crippen LogP contribution in [0.1, 0.15) is 24.8 Å². The molecule has 1 N–H and O–H groups in total. The first-order valence-corrected chi connectivity index (χ1v) is 9.01. The average molecular weight is 348 g/mol. The molecule has 0 spiro atoms. The maximum Gasteiger partial charge on any atom is 0.224 e. The number of hydrogen-bond donors (Lipinski definition) is 1. The van der Waals surface area contributed by atoms with Crippen molar-refractivity contribution in [2.45, 2.75) is 37.8 Å². The van der Waals surface area contributed by atoms with Gasteiger partial charge in [0.1, 0.15) is 0 Å². The molecule has 1 amide bonds. The zero-order valence-corrected chi connectivity index (χ0v) is 15.1. The topological polar surface area (TPSA) is 60.0 Å². The van der Waals surface area contributed by atoms with Crippen LogP contribution in [-0.4, -0.2) is 63.4 Å². The number of hydrogen-bond acceptors (Lipinski definition) is 5. The Morgan fingerprint density at radius 1 is 1.20 bits per heavy atom. The Kier molecular flexibility index (Phi) is 6.15. The molecule has 0 bridgehead atoms. The van der Waals surface area contributed by atoms with Crippen LogP contribution in [0.4, 0.5) is 0 Å². The minimum absolute atomic E-state index is 0.0612. The van der Waals surface area contributed by atoms with Crippen LogP contribution in [0, 0.1) is 0 Å². The van der Waals surface area contributed by atoms with Crippen LogP contribution in [0.5, 0.6) is 11.5 Å². The van der Waals surface area contributed by atoms with Crippen LogP contribution in [0.2, 0.25) is 0 Å². The van der Waals surface area contributed by atoms with Crippen molar-refractivity contribution in [3.8, 4) is 11.5 Å². The van der Waals surface area contributed by atoms with Gasteiger partial charge in [-0.3, -0.25) is 9.69 Å². The second-order valence-corrected chi connectivity index (χ2v) is 6.76. The number of likely N-dealkylation sites (tertiary alicyclic amines) is 1. The van der Waals surface area contributed by atoms with Crippen molar-refractivity contribution >= 4 is 5.91 Å². The van der Waals surface area contributed by atoms with Gasteiger partial charge in [-0.2, -0.15) is 0 Å². The predicted molar refractivity (Wildman–Crippen MR) is 95.2 cm³/mol. The van der Waals surface area contributed by atoms with Gasteiger partial charge in [0.15, 0.2) is 11.5 Å². The quantitative estimate of drug-likeness (QED) is 0.846. The summed E-state index contributed by atoms with van der Waals surface area (Å²) in [5.74, 6) is 1.39. The number of carbonyl (C=O) groups is 1. The average Bonchev–Trinajstić information content (AvgIpc) is 3.10. The van der Waals surface area contributed by atoms with Crippen LogP contribution in [-0.2, 0) is 16.0 Å². The number of methoxy groups -OCH3 is 2. The summed E-state index contributed by atoms with van der Waals surface area (Å²) in [6.07, 6.45) is 3.59. The Hall–Kier alpha value is -1.79. The molecule has 2 aliphatic heterocycles. The molecule has 2 fully saturated rings. The maximum atomic E-state index is 12.4. The SMILES string of the molecule is COc1ccc(CC(=O)NC2CCN(C3CCOCC3)C2)cc1OC. The van der Waals surface area contributed by atoms with Crippen LogP contribution >= 0.6 is 0 Å². The Labute approximate surface area is 149 Å². The lowest BCUT2D eigenvalue weighted by molar-refractivity contribution is -0.121. The van der Waals surface area contributed by atoms with Crippen molar-refractivity contribution in [3.63, 3.8) is 0 Å². The third-order valence-corrected chi connectivity index (χ3v) is 5.10. The Morgan fingerprint density at radius 3 is 2.68 bits per heavy atom. The summed E-state index contributed by atoms with van der Waals surface area (Å²) in [5, 5.41) is 3.18. The van der Waals surface area contributed by atoms with E-state index in [0.29, 0.717) is 24.0 Å². The molecule has 6 nitrogen and oxygen atoms in total. The Balaban J connectivity index is 1.49. The highest BCUT2D eigenvalue weighted by molar-refractivity contribution is 5.79. The van der Waals surface area contributed by atoms with E-state index in [1.54, 1.807) is 14.2 Å². The molecule has 1 aromatic carbocycles. The van der Waals surface area contributed by atoms with Gasteiger partial charge in [0.2, 0.25) is 5.91 Å². The lowest BCUT2D eigenvalue weighted by atomic mass is 10.1. The first-order chi connectivity index (χ1) is 12.2. The van der Waals surface area contributed by atoms with Gasteiger partial charge >= 0.3 is 0 Å². The van der Waals surface area contributed by atoms with E-state index >= 15 is 0 Å². The summed E-state index contributed by atoms with van der Waals surface area (Å²) in [5.41, 5.74) is 0.925. The first-order valence-electron chi connectivity index (χ1n) is 9.01. The van der Waals surface area contributed by atoms with Gasteiger partial charge in [-0.1, -0.05) is 6.07 Å². The molecule has 1 atom stereocenters. The number of rotatable bonds is 6. The molecule has 0 saturated carbocycles. The van der Waals surface area contributed by atoms with Crippen molar-refractivity contribution in [3.05, 3.63) is 23.8 Å². The lowest BCUT2D eigenvalue weighted by Gasteiger charge is -2.31. The molecule has 1 unspecified atom stereocenters. The molecule has 0 aromatic heterocycles. The molecule has 6 heteroatoms. The second-order valence-electron chi connectivity index (χ2n) is 6.76. The Bertz CT molecular complexity index is 587. The van der Waals surface area contributed by atoms with Gasteiger partial charge in [0.25, 0.3) is 0 Å². The zero-order valence-electron chi connectivity index (χ0n) is 15.1. The molecule has 2 heterocycles. The third kappa shape index (κ3) is 4.64. The molecule has 138 valence electrons.